The van der Waals surface area contributed by atoms with Crippen molar-refractivity contribution < 1.29 is 0 Å². The Bertz CT molecular complexity index is 232. The third-order valence-corrected chi connectivity index (χ3v) is 2.16. The molecule has 11 heavy (non-hydrogen) atoms. The Balaban J connectivity index is 2.82. The first-order chi connectivity index (χ1) is 5.29. The molecule has 4 nitrogen and oxygen atoms in total. The van der Waals surface area contributed by atoms with Gasteiger partial charge >= 0.3 is 0 Å². The minimum absolute atomic E-state index is 0.768. The van der Waals surface area contributed by atoms with Crippen molar-refractivity contribution in [2.75, 3.05) is 13.3 Å². The van der Waals surface area contributed by atoms with E-state index in [-0.39, 0.29) is 0 Å². The summed E-state index contributed by atoms with van der Waals surface area (Å²) in [6.45, 7) is 0.768. The fraction of sp³-hybridized carbons (Fsp3) is 0.667. The number of hydrogen-bond acceptors (Lipinski definition) is 4. The van der Waals surface area contributed by atoms with E-state index in [9.17, 15) is 0 Å². The second-order valence-electron chi connectivity index (χ2n) is 2.19. The average Bonchev–Trinajstić information content (AvgIpc) is 2.34. The maximum Gasteiger partial charge on any atom is 0.190 e. The molecule has 0 aliphatic rings. The zero-order valence-electron chi connectivity index (χ0n) is 6.96. The quantitative estimate of drug-likeness (QED) is 0.664. The average molecular weight is 172 g/mol. The van der Waals surface area contributed by atoms with Crippen LogP contribution < -0.4 is 5.32 Å². The number of thioether (sulfide) groups is 1. The van der Waals surface area contributed by atoms with E-state index in [1.54, 1.807) is 11.8 Å². The van der Waals surface area contributed by atoms with Gasteiger partial charge in [0, 0.05) is 7.05 Å². The van der Waals surface area contributed by atoms with Crippen molar-refractivity contribution in [3.8, 4) is 0 Å². The molecule has 0 amide bonds. The number of nitrogens with zero attached hydrogens (tertiary/aromatic N) is 3. The van der Waals surface area contributed by atoms with E-state index >= 15 is 0 Å². The molecule has 0 saturated carbocycles. The molecule has 0 spiro atoms. The van der Waals surface area contributed by atoms with Crippen LogP contribution in [0.2, 0.25) is 0 Å². The first-order valence-corrected chi connectivity index (χ1v) is 4.59. The summed E-state index contributed by atoms with van der Waals surface area (Å²) in [4.78, 5) is 0. The van der Waals surface area contributed by atoms with Gasteiger partial charge in [-0.15, -0.1) is 10.2 Å². The number of nitrogens with one attached hydrogen (secondary N) is 1. The van der Waals surface area contributed by atoms with Crippen molar-refractivity contribution in [1.29, 1.82) is 0 Å². The molecule has 0 aliphatic carbocycles. The Morgan fingerprint density at radius 2 is 2.27 bits per heavy atom. The molecule has 5 heteroatoms. The third-order valence-electron chi connectivity index (χ3n) is 1.44. The Hall–Kier alpha value is -0.550. The van der Waals surface area contributed by atoms with Crippen molar-refractivity contribution in [2.45, 2.75) is 11.7 Å². The van der Waals surface area contributed by atoms with Gasteiger partial charge in [-0.05, 0) is 13.3 Å². The molecule has 1 heterocycles. The number of rotatable bonds is 3. The predicted octanol–water partition coefficient (Wildman–Crippen LogP) is 0.256. The summed E-state index contributed by atoms with van der Waals surface area (Å²) >= 11 is 1.60. The lowest BCUT2D eigenvalue weighted by Gasteiger charge is -1.99. The molecule has 0 atom stereocenters. The van der Waals surface area contributed by atoms with Gasteiger partial charge in [0.1, 0.15) is 5.82 Å². The molecule has 1 N–H and O–H groups in total. The highest BCUT2D eigenvalue weighted by atomic mass is 32.2. The normalized spacial score (nSPS) is 10.5. The van der Waals surface area contributed by atoms with Gasteiger partial charge in [-0.2, -0.15) is 0 Å². The summed E-state index contributed by atoms with van der Waals surface area (Å²) < 4.78 is 1.99. The fourth-order valence-electron chi connectivity index (χ4n) is 0.835. The molecule has 0 radical (unpaired) electrons. The molecule has 1 aromatic rings. The Kier molecular flexibility index (Phi) is 2.90. The Labute approximate surface area is 70.4 Å². The fourth-order valence-corrected chi connectivity index (χ4v) is 1.34. The molecule has 62 valence electrons. The standard InChI is InChI=1S/C6H12N4S/c1-7-4-5-8-9-6(11-3)10(5)2/h7H,4H2,1-3H3. The van der Waals surface area contributed by atoms with Crippen LogP contribution >= 0.6 is 11.8 Å². The first-order valence-electron chi connectivity index (χ1n) is 3.36. The highest BCUT2D eigenvalue weighted by Crippen LogP contribution is 2.10. The van der Waals surface area contributed by atoms with Gasteiger partial charge in [-0.25, -0.2) is 0 Å². The van der Waals surface area contributed by atoms with E-state index in [1.165, 1.54) is 0 Å². The van der Waals surface area contributed by atoms with Gasteiger partial charge in [0.2, 0.25) is 0 Å². The SMILES string of the molecule is CNCc1nnc(SC)n1C. The maximum atomic E-state index is 4.01. The van der Waals surface area contributed by atoms with Crippen LogP contribution in [0.1, 0.15) is 5.82 Å². The Morgan fingerprint density at radius 1 is 1.55 bits per heavy atom. The van der Waals surface area contributed by atoms with E-state index in [0.29, 0.717) is 0 Å². The monoisotopic (exact) mass is 172 g/mol. The number of aromatic nitrogens is 3. The Morgan fingerprint density at radius 3 is 2.73 bits per heavy atom. The van der Waals surface area contributed by atoms with E-state index in [2.05, 4.69) is 15.5 Å². The topological polar surface area (TPSA) is 42.7 Å². The lowest BCUT2D eigenvalue weighted by atomic mass is 10.6. The molecular formula is C6H12N4S. The first kappa shape index (κ1) is 8.55. The lowest BCUT2D eigenvalue weighted by molar-refractivity contribution is 0.683. The largest absolute Gasteiger partial charge is 0.313 e. The summed E-state index contributed by atoms with van der Waals surface area (Å²) in [5.41, 5.74) is 0. The van der Waals surface area contributed by atoms with Gasteiger partial charge in [0.15, 0.2) is 5.16 Å². The molecular weight excluding hydrogens is 160 g/mol. The van der Waals surface area contributed by atoms with Gasteiger partial charge in [0.25, 0.3) is 0 Å². The van der Waals surface area contributed by atoms with Crippen LogP contribution in [0, 0.1) is 0 Å². The molecule has 0 unspecified atom stereocenters. The van der Waals surface area contributed by atoms with E-state index in [0.717, 1.165) is 17.5 Å². The molecule has 0 bridgehead atoms. The van der Waals surface area contributed by atoms with Crippen LogP contribution in [-0.4, -0.2) is 28.1 Å². The van der Waals surface area contributed by atoms with Crippen molar-refractivity contribution in [1.82, 2.24) is 20.1 Å². The highest BCUT2D eigenvalue weighted by molar-refractivity contribution is 7.98. The summed E-state index contributed by atoms with van der Waals surface area (Å²) in [6.07, 6.45) is 1.99. The van der Waals surface area contributed by atoms with Crippen LogP contribution in [0.3, 0.4) is 0 Å². The summed E-state index contributed by atoms with van der Waals surface area (Å²) in [6, 6.07) is 0. The molecule has 0 fully saturated rings. The smallest absolute Gasteiger partial charge is 0.190 e. The lowest BCUT2D eigenvalue weighted by Crippen LogP contribution is -2.10. The van der Waals surface area contributed by atoms with Crippen LogP contribution in [0.15, 0.2) is 5.16 Å². The van der Waals surface area contributed by atoms with Crippen LogP contribution in [-0.2, 0) is 13.6 Å². The number of hydrogen-bond donors (Lipinski definition) is 1. The predicted molar refractivity (Wildman–Crippen MR) is 45.5 cm³/mol. The third kappa shape index (κ3) is 1.72. The highest BCUT2D eigenvalue weighted by Gasteiger charge is 2.04. The van der Waals surface area contributed by atoms with Gasteiger partial charge in [-0.1, -0.05) is 11.8 Å². The van der Waals surface area contributed by atoms with E-state index in [4.69, 9.17) is 0 Å². The molecule has 0 aromatic carbocycles. The van der Waals surface area contributed by atoms with E-state index in [1.807, 2.05) is 24.9 Å². The molecule has 0 aliphatic heterocycles. The minimum Gasteiger partial charge on any atom is -0.313 e. The van der Waals surface area contributed by atoms with E-state index < -0.39 is 0 Å². The molecule has 1 rings (SSSR count). The van der Waals surface area contributed by atoms with Crippen molar-refractivity contribution >= 4 is 11.8 Å². The van der Waals surface area contributed by atoms with Crippen molar-refractivity contribution in [2.24, 2.45) is 7.05 Å². The second-order valence-corrected chi connectivity index (χ2v) is 2.97. The molecule has 1 aromatic heterocycles. The van der Waals surface area contributed by atoms with Crippen LogP contribution in [0.25, 0.3) is 0 Å². The van der Waals surface area contributed by atoms with Gasteiger partial charge in [0.05, 0.1) is 6.54 Å². The summed E-state index contributed by atoms with van der Waals surface area (Å²) in [5, 5.41) is 12.0. The maximum absolute atomic E-state index is 4.01. The van der Waals surface area contributed by atoms with Crippen molar-refractivity contribution in [3.63, 3.8) is 0 Å². The zero-order chi connectivity index (χ0) is 8.27. The van der Waals surface area contributed by atoms with Gasteiger partial charge < -0.3 is 9.88 Å². The molecule has 0 saturated heterocycles. The minimum atomic E-state index is 0.768. The summed E-state index contributed by atoms with van der Waals surface area (Å²) in [7, 11) is 3.87. The zero-order valence-corrected chi connectivity index (χ0v) is 7.77. The van der Waals surface area contributed by atoms with Gasteiger partial charge in [-0.3, -0.25) is 0 Å². The summed E-state index contributed by atoms with van der Waals surface area (Å²) in [5.74, 6) is 0.969. The van der Waals surface area contributed by atoms with Crippen LogP contribution in [0.4, 0.5) is 0 Å². The van der Waals surface area contributed by atoms with Crippen LogP contribution in [0.5, 0.6) is 0 Å². The second kappa shape index (κ2) is 3.73. The van der Waals surface area contributed by atoms with Crippen molar-refractivity contribution in [3.05, 3.63) is 5.82 Å².